The number of hydrogen-bond acceptors (Lipinski definition) is 3. The Kier molecular flexibility index (Phi) is 3.50. The zero-order valence-electron chi connectivity index (χ0n) is 10.3. The molecule has 0 radical (unpaired) electrons. The van der Waals surface area contributed by atoms with Crippen LogP contribution >= 0.6 is 11.3 Å². The van der Waals surface area contributed by atoms with E-state index in [-0.39, 0.29) is 6.10 Å². The summed E-state index contributed by atoms with van der Waals surface area (Å²) < 4.78 is 0. The van der Waals surface area contributed by atoms with Gasteiger partial charge in [-0.25, -0.2) is 0 Å². The maximum atomic E-state index is 9.71. The number of thiophene rings is 1. The molecule has 0 aromatic carbocycles. The van der Waals surface area contributed by atoms with Crippen LogP contribution in [0.25, 0.3) is 0 Å². The molecule has 1 N–H and O–H groups in total. The number of aliphatic hydroxyl groups excluding tert-OH is 1. The first-order chi connectivity index (χ1) is 8.33. The van der Waals surface area contributed by atoms with E-state index < -0.39 is 0 Å². The van der Waals surface area contributed by atoms with Crippen LogP contribution < -0.4 is 0 Å². The van der Waals surface area contributed by atoms with Gasteiger partial charge < -0.3 is 5.11 Å². The molecular formula is C14H21NOS. The molecule has 1 aliphatic carbocycles. The summed E-state index contributed by atoms with van der Waals surface area (Å²) in [5.74, 6) is 0. The van der Waals surface area contributed by atoms with E-state index in [0.29, 0.717) is 0 Å². The van der Waals surface area contributed by atoms with Gasteiger partial charge in [-0.2, -0.15) is 0 Å². The van der Waals surface area contributed by atoms with E-state index >= 15 is 0 Å². The first-order valence-corrected chi connectivity index (χ1v) is 7.69. The standard InChI is InChI=1S/C14H21NOS/c16-12-4-3-7-15(9-12)8-11-10-17-14-6-2-1-5-13(11)14/h10,12,16H,1-9H2. The molecule has 3 heteroatoms. The van der Waals surface area contributed by atoms with Gasteiger partial charge in [0.1, 0.15) is 0 Å². The first kappa shape index (κ1) is 11.7. The number of nitrogens with zero attached hydrogens (tertiary/aromatic N) is 1. The number of hydrogen-bond donors (Lipinski definition) is 1. The van der Waals surface area contributed by atoms with Crippen LogP contribution in [-0.2, 0) is 19.4 Å². The van der Waals surface area contributed by atoms with Crippen molar-refractivity contribution in [3.63, 3.8) is 0 Å². The highest BCUT2D eigenvalue weighted by molar-refractivity contribution is 7.10. The minimum atomic E-state index is -0.0989. The van der Waals surface area contributed by atoms with E-state index in [9.17, 15) is 5.11 Å². The molecule has 94 valence electrons. The lowest BCUT2D eigenvalue weighted by Crippen LogP contribution is -2.37. The van der Waals surface area contributed by atoms with Gasteiger partial charge in [0.05, 0.1) is 6.10 Å². The third-order valence-electron chi connectivity index (χ3n) is 4.02. The van der Waals surface area contributed by atoms with Gasteiger partial charge in [0.15, 0.2) is 0 Å². The van der Waals surface area contributed by atoms with E-state index in [1.807, 2.05) is 11.3 Å². The third-order valence-corrected chi connectivity index (χ3v) is 5.16. The minimum Gasteiger partial charge on any atom is -0.392 e. The lowest BCUT2D eigenvalue weighted by atomic mass is 9.95. The Morgan fingerprint density at radius 2 is 2.18 bits per heavy atom. The molecule has 1 aromatic rings. The van der Waals surface area contributed by atoms with Crippen LogP contribution in [0, 0.1) is 0 Å². The second kappa shape index (κ2) is 5.09. The fourth-order valence-corrected chi connectivity index (χ4v) is 4.25. The molecule has 2 aliphatic rings. The number of piperidine rings is 1. The Hall–Kier alpha value is -0.380. The molecule has 1 aromatic heterocycles. The molecule has 0 bridgehead atoms. The molecule has 1 fully saturated rings. The van der Waals surface area contributed by atoms with Gasteiger partial charge in [0.25, 0.3) is 0 Å². The Bertz CT molecular complexity index is 388. The highest BCUT2D eigenvalue weighted by Crippen LogP contribution is 2.31. The molecule has 3 rings (SSSR count). The summed E-state index contributed by atoms with van der Waals surface area (Å²) in [7, 11) is 0. The summed E-state index contributed by atoms with van der Waals surface area (Å²) in [5, 5.41) is 12.1. The smallest absolute Gasteiger partial charge is 0.0667 e. The van der Waals surface area contributed by atoms with Gasteiger partial charge in [0.2, 0.25) is 0 Å². The average Bonchev–Trinajstić information content (AvgIpc) is 2.73. The Morgan fingerprint density at radius 1 is 1.29 bits per heavy atom. The van der Waals surface area contributed by atoms with Gasteiger partial charge in [-0.05, 0) is 61.6 Å². The lowest BCUT2D eigenvalue weighted by molar-refractivity contribution is 0.0667. The second-order valence-electron chi connectivity index (χ2n) is 5.40. The largest absolute Gasteiger partial charge is 0.392 e. The summed E-state index contributed by atoms with van der Waals surface area (Å²) in [6.07, 6.45) is 7.34. The minimum absolute atomic E-state index is 0.0989. The number of fused-ring (bicyclic) bond motifs is 1. The maximum Gasteiger partial charge on any atom is 0.0667 e. The summed E-state index contributed by atoms with van der Waals surface area (Å²) in [5.41, 5.74) is 3.18. The van der Waals surface area contributed by atoms with Crippen LogP contribution in [0.15, 0.2) is 5.38 Å². The highest BCUT2D eigenvalue weighted by atomic mass is 32.1. The molecule has 1 saturated heterocycles. The lowest BCUT2D eigenvalue weighted by Gasteiger charge is -2.30. The van der Waals surface area contributed by atoms with Crippen molar-refractivity contribution in [2.45, 2.75) is 51.2 Å². The first-order valence-electron chi connectivity index (χ1n) is 6.81. The van der Waals surface area contributed by atoms with Crippen molar-refractivity contribution in [3.8, 4) is 0 Å². The monoisotopic (exact) mass is 251 g/mol. The zero-order chi connectivity index (χ0) is 11.7. The predicted octanol–water partition coefficient (Wildman–Crippen LogP) is 2.58. The van der Waals surface area contributed by atoms with Crippen LogP contribution in [0.1, 0.15) is 41.7 Å². The quantitative estimate of drug-likeness (QED) is 0.873. The number of aliphatic hydroxyl groups is 1. The maximum absolute atomic E-state index is 9.71. The van der Waals surface area contributed by atoms with E-state index in [4.69, 9.17) is 0 Å². The normalized spacial score (nSPS) is 25.8. The summed E-state index contributed by atoms with van der Waals surface area (Å²) in [6.45, 7) is 3.08. The van der Waals surface area contributed by atoms with Crippen LogP contribution in [-0.4, -0.2) is 29.2 Å². The Labute approximate surface area is 107 Å². The molecule has 0 amide bonds. The third kappa shape index (κ3) is 2.56. The molecule has 2 heterocycles. The fraction of sp³-hybridized carbons (Fsp3) is 0.714. The molecule has 1 aliphatic heterocycles. The van der Waals surface area contributed by atoms with Crippen LogP contribution in [0.4, 0.5) is 0 Å². The van der Waals surface area contributed by atoms with E-state index in [1.165, 1.54) is 25.7 Å². The number of likely N-dealkylation sites (tertiary alicyclic amines) is 1. The molecule has 0 spiro atoms. The Morgan fingerprint density at radius 3 is 3.06 bits per heavy atom. The number of aryl methyl sites for hydroxylation is 1. The summed E-state index contributed by atoms with van der Waals surface area (Å²) >= 11 is 1.95. The summed E-state index contributed by atoms with van der Waals surface area (Å²) in [4.78, 5) is 4.05. The molecular weight excluding hydrogens is 230 g/mol. The summed E-state index contributed by atoms with van der Waals surface area (Å²) in [6, 6.07) is 0. The van der Waals surface area contributed by atoms with E-state index in [2.05, 4.69) is 10.3 Å². The van der Waals surface area contributed by atoms with Crippen molar-refractivity contribution in [1.29, 1.82) is 0 Å². The van der Waals surface area contributed by atoms with Crippen molar-refractivity contribution >= 4 is 11.3 Å². The van der Waals surface area contributed by atoms with Gasteiger partial charge in [-0.3, -0.25) is 4.90 Å². The SMILES string of the molecule is OC1CCCN(Cc2csc3c2CCCC3)C1. The van der Waals surface area contributed by atoms with Crippen molar-refractivity contribution in [3.05, 3.63) is 21.4 Å². The molecule has 1 unspecified atom stereocenters. The molecule has 0 saturated carbocycles. The van der Waals surface area contributed by atoms with Crippen molar-refractivity contribution in [2.75, 3.05) is 13.1 Å². The second-order valence-corrected chi connectivity index (χ2v) is 6.37. The van der Waals surface area contributed by atoms with Gasteiger partial charge >= 0.3 is 0 Å². The van der Waals surface area contributed by atoms with Crippen LogP contribution in [0.2, 0.25) is 0 Å². The fourth-order valence-electron chi connectivity index (χ4n) is 3.11. The Balaban J connectivity index is 1.70. The average molecular weight is 251 g/mol. The van der Waals surface area contributed by atoms with Crippen molar-refractivity contribution < 1.29 is 5.11 Å². The van der Waals surface area contributed by atoms with Gasteiger partial charge in [-0.15, -0.1) is 11.3 Å². The molecule has 1 atom stereocenters. The molecule has 2 nitrogen and oxygen atoms in total. The molecule has 17 heavy (non-hydrogen) atoms. The van der Waals surface area contributed by atoms with Crippen LogP contribution in [0.5, 0.6) is 0 Å². The van der Waals surface area contributed by atoms with Gasteiger partial charge in [0, 0.05) is 18.0 Å². The van der Waals surface area contributed by atoms with E-state index in [1.54, 1.807) is 16.0 Å². The number of rotatable bonds is 2. The predicted molar refractivity (Wildman–Crippen MR) is 71.5 cm³/mol. The van der Waals surface area contributed by atoms with Gasteiger partial charge in [-0.1, -0.05) is 0 Å². The van der Waals surface area contributed by atoms with Crippen molar-refractivity contribution in [1.82, 2.24) is 4.90 Å². The van der Waals surface area contributed by atoms with Crippen LogP contribution in [0.3, 0.4) is 0 Å². The van der Waals surface area contributed by atoms with E-state index in [0.717, 1.165) is 32.5 Å². The highest BCUT2D eigenvalue weighted by Gasteiger charge is 2.21. The topological polar surface area (TPSA) is 23.5 Å². The number of β-amino-alcohol motifs (C(OH)–C–C–N with tert-alkyl or cyclic N) is 1. The zero-order valence-corrected chi connectivity index (χ0v) is 11.1. The van der Waals surface area contributed by atoms with Crippen molar-refractivity contribution in [2.24, 2.45) is 0 Å².